The first-order chi connectivity index (χ1) is 5.63. The van der Waals surface area contributed by atoms with Gasteiger partial charge in [0.25, 0.3) is 0 Å². The van der Waals surface area contributed by atoms with Crippen LogP contribution in [0.4, 0.5) is 5.82 Å². The second kappa shape index (κ2) is 3.30. The number of hydrogen-bond donors (Lipinski definition) is 2. The molecule has 0 spiro atoms. The van der Waals surface area contributed by atoms with Crippen LogP contribution in [0.5, 0.6) is 0 Å². The van der Waals surface area contributed by atoms with Gasteiger partial charge < -0.3 is 11.1 Å². The second-order valence-corrected chi connectivity index (χ2v) is 2.89. The zero-order valence-corrected chi connectivity index (χ0v) is 7.20. The number of nitrogens with two attached hydrogens (primary N) is 1. The van der Waals surface area contributed by atoms with Gasteiger partial charge in [-0.25, -0.2) is 9.97 Å². The molecule has 0 unspecified atom stereocenters. The first kappa shape index (κ1) is 8.64. The van der Waals surface area contributed by atoms with Crippen LogP contribution in [0.2, 0.25) is 0 Å². The van der Waals surface area contributed by atoms with Gasteiger partial charge in [-0.1, -0.05) is 13.8 Å². The minimum absolute atomic E-state index is 0.151. The average Bonchev–Trinajstić information content (AvgIpc) is 2.04. The molecule has 0 atom stereocenters. The highest BCUT2D eigenvalue weighted by Gasteiger charge is 2.09. The molecule has 1 heterocycles. The van der Waals surface area contributed by atoms with Crippen molar-refractivity contribution in [2.75, 3.05) is 5.73 Å². The van der Waals surface area contributed by atoms with Crippen LogP contribution in [0.1, 0.15) is 19.4 Å². The zero-order chi connectivity index (χ0) is 9.14. The van der Waals surface area contributed by atoms with Gasteiger partial charge in [0.05, 0.1) is 5.56 Å². The summed E-state index contributed by atoms with van der Waals surface area (Å²) in [6, 6.07) is 0. The fourth-order valence-electron chi connectivity index (χ4n) is 0.858. The van der Waals surface area contributed by atoms with Gasteiger partial charge in [-0.3, -0.25) is 0 Å². The molecular weight excluding hydrogens is 152 g/mol. The minimum Gasteiger partial charge on any atom is -0.383 e. The lowest BCUT2D eigenvalue weighted by molar-refractivity contribution is 0.875. The van der Waals surface area contributed by atoms with Crippen molar-refractivity contribution in [3.63, 3.8) is 0 Å². The van der Waals surface area contributed by atoms with Gasteiger partial charge in [-0.2, -0.15) is 0 Å². The van der Waals surface area contributed by atoms with E-state index in [4.69, 9.17) is 11.1 Å². The maximum absolute atomic E-state index is 7.67. The van der Waals surface area contributed by atoms with Crippen LogP contribution in [0, 0.1) is 11.3 Å². The predicted molar refractivity (Wildman–Crippen MR) is 48.1 cm³/mol. The van der Waals surface area contributed by atoms with Gasteiger partial charge in [0.15, 0.2) is 0 Å². The smallest absolute Gasteiger partial charge is 0.135 e. The molecule has 0 aliphatic heterocycles. The molecule has 0 saturated carbocycles. The summed E-state index contributed by atoms with van der Waals surface area (Å²) in [4.78, 5) is 7.63. The van der Waals surface area contributed by atoms with Crippen molar-refractivity contribution in [1.29, 1.82) is 5.41 Å². The van der Waals surface area contributed by atoms with E-state index < -0.39 is 0 Å². The SMILES string of the molecule is CC(C)C(=N)c1cncnc1N. The van der Waals surface area contributed by atoms with E-state index in [9.17, 15) is 0 Å². The third-order valence-electron chi connectivity index (χ3n) is 1.61. The predicted octanol–water partition coefficient (Wildman–Crippen LogP) is 1.08. The number of aromatic nitrogens is 2. The van der Waals surface area contributed by atoms with Crippen LogP contribution in [0.25, 0.3) is 0 Å². The molecule has 0 aliphatic carbocycles. The lowest BCUT2D eigenvalue weighted by Crippen LogP contribution is -2.11. The molecular formula is C8H12N4. The summed E-state index contributed by atoms with van der Waals surface area (Å²) < 4.78 is 0. The van der Waals surface area contributed by atoms with Crippen molar-refractivity contribution in [1.82, 2.24) is 9.97 Å². The molecule has 0 fully saturated rings. The summed E-state index contributed by atoms with van der Waals surface area (Å²) in [5, 5.41) is 7.67. The molecule has 0 aromatic carbocycles. The van der Waals surface area contributed by atoms with E-state index in [1.165, 1.54) is 6.33 Å². The van der Waals surface area contributed by atoms with Crippen LogP contribution in [0.3, 0.4) is 0 Å². The molecule has 1 rings (SSSR count). The summed E-state index contributed by atoms with van der Waals surface area (Å²) in [5.41, 5.74) is 6.68. The zero-order valence-electron chi connectivity index (χ0n) is 7.20. The first-order valence-corrected chi connectivity index (χ1v) is 3.77. The average molecular weight is 164 g/mol. The van der Waals surface area contributed by atoms with E-state index >= 15 is 0 Å². The molecule has 0 radical (unpaired) electrons. The summed E-state index contributed by atoms with van der Waals surface area (Å²) >= 11 is 0. The number of hydrogen-bond acceptors (Lipinski definition) is 4. The molecule has 0 aliphatic rings. The molecule has 1 aromatic rings. The monoisotopic (exact) mass is 164 g/mol. The van der Waals surface area contributed by atoms with Crippen molar-refractivity contribution >= 4 is 11.5 Å². The fourth-order valence-corrected chi connectivity index (χ4v) is 0.858. The first-order valence-electron chi connectivity index (χ1n) is 3.77. The summed E-state index contributed by atoms with van der Waals surface area (Å²) in [5.74, 6) is 0.530. The number of nitrogens with zero attached hydrogens (tertiary/aromatic N) is 2. The third-order valence-corrected chi connectivity index (χ3v) is 1.61. The lowest BCUT2D eigenvalue weighted by Gasteiger charge is -2.07. The number of nitrogen functional groups attached to an aromatic ring is 1. The Morgan fingerprint density at radius 1 is 1.58 bits per heavy atom. The molecule has 1 aromatic heterocycles. The Labute approximate surface area is 71.4 Å². The van der Waals surface area contributed by atoms with Gasteiger partial charge >= 0.3 is 0 Å². The normalized spacial score (nSPS) is 10.2. The second-order valence-electron chi connectivity index (χ2n) is 2.89. The van der Waals surface area contributed by atoms with Gasteiger partial charge in [-0.15, -0.1) is 0 Å². The van der Waals surface area contributed by atoms with Crippen LogP contribution in [0.15, 0.2) is 12.5 Å². The highest BCUT2D eigenvalue weighted by Crippen LogP contribution is 2.11. The Kier molecular flexibility index (Phi) is 2.38. The minimum atomic E-state index is 0.151. The molecule has 0 amide bonds. The quantitative estimate of drug-likeness (QED) is 0.642. The van der Waals surface area contributed by atoms with Crippen molar-refractivity contribution in [2.45, 2.75) is 13.8 Å². The Morgan fingerprint density at radius 3 is 2.75 bits per heavy atom. The fraction of sp³-hybridized carbons (Fsp3) is 0.375. The number of rotatable bonds is 2. The van der Waals surface area contributed by atoms with E-state index in [-0.39, 0.29) is 5.92 Å². The van der Waals surface area contributed by atoms with Crippen molar-refractivity contribution in [2.24, 2.45) is 5.92 Å². The maximum atomic E-state index is 7.67. The molecule has 0 bridgehead atoms. The Balaban J connectivity index is 3.03. The summed E-state index contributed by atoms with van der Waals surface area (Å²) in [6.45, 7) is 3.88. The highest BCUT2D eigenvalue weighted by atomic mass is 14.9. The number of nitrogens with one attached hydrogen (secondary N) is 1. The van der Waals surface area contributed by atoms with Crippen molar-refractivity contribution in [3.05, 3.63) is 18.1 Å². The topological polar surface area (TPSA) is 75.7 Å². The van der Waals surface area contributed by atoms with Gasteiger partial charge in [0, 0.05) is 11.9 Å². The van der Waals surface area contributed by atoms with Crippen molar-refractivity contribution in [3.8, 4) is 0 Å². The van der Waals surface area contributed by atoms with E-state index in [0.29, 0.717) is 17.1 Å². The molecule has 64 valence electrons. The third kappa shape index (κ3) is 1.58. The lowest BCUT2D eigenvalue weighted by atomic mass is 10.0. The van der Waals surface area contributed by atoms with E-state index in [1.807, 2.05) is 13.8 Å². The van der Waals surface area contributed by atoms with Crippen LogP contribution < -0.4 is 5.73 Å². The number of anilines is 1. The largest absolute Gasteiger partial charge is 0.383 e. The van der Waals surface area contributed by atoms with Gasteiger partial charge in [0.2, 0.25) is 0 Å². The Bertz CT molecular complexity index is 293. The maximum Gasteiger partial charge on any atom is 0.135 e. The molecule has 3 N–H and O–H groups in total. The van der Waals surface area contributed by atoms with Crippen LogP contribution >= 0.6 is 0 Å². The highest BCUT2D eigenvalue weighted by molar-refractivity contribution is 6.02. The molecule has 4 heteroatoms. The van der Waals surface area contributed by atoms with Crippen molar-refractivity contribution < 1.29 is 0 Å². The standard InChI is InChI=1S/C8H12N4/c1-5(2)7(9)6-3-11-4-12-8(6)10/h3-5,9H,1-2H3,(H2,10,11,12). The summed E-state index contributed by atoms with van der Waals surface area (Å²) in [6.07, 6.45) is 2.96. The van der Waals surface area contributed by atoms with Crippen LogP contribution in [-0.2, 0) is 0 Å². The van der Waals surface area contributed by atoms with E-state index in [0.717, 1.165) is 0 Å². The van der Waals surface area contributed by atoms with Crippen LogP contribution in [-0.4, -0.2) is 15.7 Å². The Morgan fingerprint density at radius 2 is 2.25 bits per heavy atom. The van der Waals surface area contributed by atoms with E-state index in [1.54, 1.807) is 6.20 Å². The molecule has 12 heavy (non-hydrogen) atoms. The Hall–Kier alpha value is -1.45. The van der Waals surface area contributed by atoms with Gasteiger partial charge in [0.1, 0.15) is 12.1 Å². The van der Waals surface area contributed by atoms with E-state index in [2.05, 4.69) is 9.97 Å². The summed E-state index contributed by atoms with van der Waals surface area (Å²) in [7, 11) is 0. The molecule has 4 nitrogen and oxygen atoms in total. The molecule has 0 saturated heterocycles. The van der Waals surface area contributed by atoms with Gasteiger partial charge in [-0.05, 0) is 5.92 Å².